The van der Waals surface area contributed by atoms with Gasteiger partial charge < -0.3 is 0 Å². The van der Waals surface area contributed by atoms with E-state index in [2.05, 4.69) is 13.8 Å². The molecule has 1 aromatic carbocycles. The molecule has 1 fully saturated rings. The van der Waals surface area contributed by atoms with Gasteiger partial charge in [-0.25, -0.2) is 4.39 Å². The number of rotatable bonds is 3. The fourth-order valence-corrected chi connectivity index (χ4v) is 2.80. The lowest BCUT2D eigenvalue weighted by Crippen LogP contribution is -2.35. The predicted molar refractivity (Wildman–Crippen MR) is 61.4 cm³/mol. The predicted octanol–water partition coefficient (Wildman–Crippen LogP) is 4.29. The zero-order valence-electron chi connectivity index (χ0n) is 9.59. The lowest BCUT2D eigenvalue weighted by Gasteiger charge is -2.44. The summed E-state index contributed by atoms with van der Waals surface area (Å²) in [4.78, 5) is 0. The van der Waals surface area contributed by atoms with Crippen LogP contribution < -0.4 is 0 Å². The molecule has 0 aliphatic heterocycles. The summed E-state index contributed by atoms with van der Waals surface area (Å²) in [6, 6.07) is 7.12. The van der Waals surface area contributed by atoms with E-state index >= 15 is 0 Å². The van der Waals surface area contributed by atoms with Crippen LogP contribution >= 0.6 is 0 Å². The maximum absolute atomic E-state index is 12.9. The Morgan fingerprint density at radius 1 is 1.20 bits per heavy atom. The highest BCUT2D eigenvalue weighted by molar-refractivity contribution is 5.28. The summed E-state index contributed by atoms with van der Waals surface area (Å²) in [5.41, 5.74) is 1.70. The molecule has 1 heteroatoms. The quantitative estimate of drug-likeness (QED) is 0.692. The lowest BCUT2D eigenvalue weighted by molar-refractivity contribution is 0.199. The minimum absolute atomic E-state index is 0.127. The third-order valence-electron chi connectivity index (χ3n) is 3.57. The molecule has 0 aromatic heterocycles. The summed E-state index contributed by atoms with van der Waals surface area (Å²) >= 11 is 0. The molecule has 0 atom stereocenters. The number of hydrogen-bond donors (Lipinski definition) is 0. The monoisotopic (exact) mass is 206 g/mol. The molecule has 1 aliphatic carbocycles. The summed E-state index contributed by atoms with van der Waals surface area (Å²) in [5.74, 6) is 0.591. The van der Waals surface area contributed by atoms with Crippen LogP contribution in [0.5, 0.6) is 0 Å². The van der Waals surface area contributed by atoms with Crippen molar-refractivity contribution in [2.45, 2.75) is 44.9 Å². The third kappa shape index (κ3) is 2.06. The zero-order valence-corrected chi connectivity index (χ0v) is 9.59. The van der Waals surface area contributed by atoms with Crippen molar-refractivity contribution in [3.05, 3.63) is 35.6 Å². The van der Waals surface area contributed by atoms with Gasteiger partial charge in [-0.2, -0.15) is 0 Å². The van der Waals surface area contributed by atoms with Crippen molar-refractivity contribution >= 4 is 0 Å². The van der Waals surface area contributed by atoms with Crippen molar-refractivity contribution in [3.8, 4) is 0 Å². The van der Waals surface area contributed by atoms with Crippen LogP contribution in [0.4, 0.5) is 4.39 Å². The van der Waals surface area contributed by atoms with Crippen LogP contribution in [-0.4, -0.2) is 0 Å². The van der Waals surface area contributed by atoms with E-state index < -0.39 is 0 Å². The molecule has 0 saturated heterocycles. The van der Waals surface area contributed by atoms with Crippen molar-refractivity contribution in [2.75, 3.05) is 0 Å². The fraction of sp³-hybridized carbons (Fsp3) is 0.571. The molecule has 0 radical (unpaired) electrons. The third-order valence-corrected chi connectivity index (χ3v) is 3.57. The van der Waals surface area contributed by atoms with E-state index in [9.17, 15) is 4.39 Å². The second-order valence-corrected chi connectivity index (χ2v) is 5.24. The van der Waals surface area contributed by atoms with Gasteiger partial charge in [0.2, 0.25) is 0 Å². The van der Waals surface area contributed by atoms with E-state index in [1.54, 1.807) is 12.1 Å². The number of benzene rings is 1. The van der Waals surface area contributed by atoms with E-state index in [1.165, 1.54) is 31.2 Å². The van der Waals surface area contributed by atoms with Gasteiger partial charge >= 0.3 is 0 Å². The zero-order chi connectivity index (χ0) is 10.9. The molecule has 15 heavy (non-hydrogen) atoms. The molecule has 2 rings (SSSR count). The van der Waals surface area contributed by atoms with E-state index in [0.29, 0.717) is 5.41 Å². The Balaban J connectivity index is 2.22. The first kappa shape index (κ1) is 10.7. The van der Waals surface area contributed by atoms with Gasteiger partial charge in [0.15, 0.2) is 0 Å². The standard InChI is InChI=1S/C14H19F/c1-11(2)10-14(8-3-9-14)12-4-6-13(15)7-5-12/h4-7,11H,3,8-10H2,1-2H3. The Bertz CT molecular complexity index is 320. The number of hydrogen-bond acceptors (Lipinski definition) is 0. The van der Waals surface area contributed by atoms with Crippen LogP contribution in [0.25, 0.3) is 0 Å². The highest BCUT2D eigenvalue weighted by atomic mass is 19.1. The summed E-state index contributed by atoms with van der Waals surface area (Å²) < 4.78 is 12.9. The Hall–Kier alpha value is -0.850. The first-order chi connectivity index (χ1) is 7.12. The summed E-state index contributed by atoms with van der Waals surface area (Å²) in [5, 5.41) is 0. The van der Waals surface area contributed by atoms with Crippen molar-refractivity contribution in [3.63, 3.8) is 0 Å². The normalized spacial score (nSPS) is 18.9. The van der Waals surface area contributed by atoms with Crippen molar-refractivity contribution in [1.82, 2.24) is 0 Å². The topological polar surface area (TPSA) is 0 Å². The van der Waals surface area contributed by atoms with Gasteiger partial charge in [0, 0.05) is 0 Å². The lowest BCUT2D eigenvalue weighted by atomic mass is 9.61. The average molecular weight is 206 g/mol. The Kier molecular flexibility index (Phi) is 2.81. The van der Waals surface area contributed by atoms with Crippen LogP contribution in [0, 0.1) is 11.7 Å². The molecule has 0 nitrogen and oxygen atoms in total. The Morgan fingerprint density at radius 2 is 1.80 bits per heavy atom. The molecule has 0 unspecified atom stereocenters. The maximum Gasteiger partial charge on any atom is 0.123 e. The van der Waals surface area contributed by atoms with Crippen LogP contribution in [0.3, 0.4) is 0 Å². The highest BCUT2D eigenvalue weighted by Crippen LogP contribution is 2.48. The molecule has 1 saturated carbocycles. The first-order valence-electron chi connectivity index (χ1n) is 5.88. The molecular weight excluding hydrogens is 187 g/mol. The van der Waals surface area contributed by atoms with Crippen molar-refractivity contribution < 1.29 is 4.39 Å². The smallest absolute Gasteiger partial charge is 0.123 e. The van der Waals surface area contributed by atoms with Gasteiger partial charge in [-0.15, -0.1) is 0 Å². The molecule has 1 aliphatic rings. The van der Waals surface area contributed by atoms with Crippen molar-refractivity contribution in [1.29, 1.82) is 0 Å². The van der Waals surface area contributed by atoms with Gasteiger partial charge in [-0.1, -0.05) is 32.4 Å². The molecule has 0 bridgehead atoms. The Labute approximate surface area is 91.5 Å². The number of halogens is 1. The molecular formula is C14H19F. The largest absolute Gasteiger partial charge is 0.207 e. The molecule has 82 valence electrons. The van der Waals surface area contributed by atoms with Crippen LogP contribution in [-0.2, 0) is 5.41 Å². The summed E-state index contributed by atoms with van der Waals surface area (Å²) in [6.45, 7) is 4.53. The van der Waals surface area contributed by atoms with Crippen molar-refractivity contribution in [2.24, 2.45) is 5.92 Å². The maximum atomic E-state index is 12.9. The summed E-state index contributed by atoms with van der Waals surface area (Å²) in [6.07, 6.45) is 5.11. The second kappa shape index (κ2) is 3.96. The van der Waals surface area contributed by atoms with E-state index in [0.717, 1.165) is 5.92 Å². The van der Waals surface area contributed by atoms with Crippen LogP contribution in [0.1, 0.15) is 45.1 Å². The molecule has 0 heterocycles. The SMILES string of the molecule is CC(C)CC1(c2ccc(F)cc2)CCC1. The highest BCUT2D eigenvalue weighted by Gasteiger charge is 2.38. The van der Waals surface area contributed by atoms with Gasteiger partial charge in [0.1, 0.15) is 5.82 Å². The first-order valence-corrected chi connectivity index (χ1v) is 5.88. The molecule has 0 amide bonds. The molecule has 0 N–H and O–H groups in total. The van der Waals surface area contributed by atoms with Crippen LogP contribution in [0.15, 0.2) is 24.3 Å². The van der Waals surface area contributed by atoms with E-state index in [4.69, 9.17) is 0 Å². The minimum Gasteiger partial charge on any atom is -0.207 e. The fourth-order valence-electron chi connectivity index (χ4n) is 2.80. The Morgan fingerprint density at radius 3 is 2.20 bits per heavy atom. The van der Waals surface area contributed by atoms with Gasteiger partial charge in [0.25, 0.3) is 0 Å². The van der Waals surface area contributed by atoms with Gasteiger partial charge in [0.05, 0.1) is 0 Å². The van der Waals surface area contributed by atoms with E-state index in [1.807, 2.05) is 12.1 Å². The van der Waals surface area contributed by atoms with Gasteiger partial charge in [-0.3, -0.25) is 0 Å². The molecule has 0 spiro atoms. The molecule has 1 aromatic rings. The van der Waals surface area contributed by atoms with E-state index in [-0.39, 0.29) is 5.82 Å². The van der Waals surface area contributed by atoms with Crippen LogP contribution in [0.2, 0.25) is 0 Å². The average Bonchev–Trinajstić information content (AvgIpc) is 2.13. The minimum atomic E-state index is -0.127. The van der Waals surface area contributed by atoms with Gasteiger partial charge in [-0.05, 0) is 48.3 Å². The summed E-state index contributed by atoms with van der Waals surface area (Å²) in [7, 11) is 0. The second-order valence-electron chi connectivity index (χ2n) is 5.24.